The number of nitrogens with zero attached hydrogens (tertiary/aromatic N) is 5. The molecule has 7 rings (SSSR count). The number of aromatic nitrogens is 2. The minimum atomic E-state index is -0.443. The number of benzene rings is 2. The molecular formula is C40H46N6O8. The summed E-state index contributed by atoms with van der Waals surface area (Å²) in [6.07, 6.45) is 9.06. The highest BCUT2D eigenvalue weighted by Crippen LogP contribution is 2.39. The molecule has 54 heavy (non-hydrogen) atoms. The van der Waals surface area contributed by atoms with Gasteiger partial charge in [0, 0.05) is 93.7 Å². The first-order valence-corrected chi connectivity index (χ1v) is 18.4. The van der Waals surface area contributed by atoms with Crippen LogP contribution in [0.15, 0.2) is 65.8 Å². The minimum absolute atomic E-state index is 0.0662. The van der Waals surface area contributed by atoms with Gasteiger partial charge in [0.1, 0.15) is 17.2 Å². The molecule has 0 unspecified atom stereocenters. The average Bonchev–Trinajstić information content (AvgIpc) is 3.19. The molecular weight excluding hydrogens is 692 g/mol. The predicted molar refractivity (Wildman–Crippen MR) is 202 cm³/mol. The Bertz CT molecular complexity index is 2070. The van der Waals surface area contributed by atoms with Crippen LogP contribution >= 0.6 is 0 Å². The van der Waals surface area contributed by atoms with Crippen molar-refractivity contribution in [3.63, 3.8) is 0 Å². The Hall–Kier alpha value is -5.47. The fraction of sp³-hybridized carbons (Fsp3) is 0.425. The first kappa shape index (κ1) is 36.9. The van der Waals surface area contributed by atoms with Gasteiger partial charge in [-0.2, -0.15) is 0 Å². The molecule has 0 atom stereocenters. The summed E-state index contributed by atoms with van der Waals surface area (Å²) in [7, 11) is 5.07. The van der Waals surface area contributed by atoms with Crippen molar-refractivity contribution in [3.8, 4) is 28.4 Å². The van der Waals surface area contributed by atoms with Crippen molar-refractivity contribution in [3.05, 3.63) is 77.0 Å². The van der Waals surface area contributed by atoms with Crippen molar-refractivity contribution in [2.75, 3.05) is 58.5 Å². The smallest absolute Gasteiger partial charge is 0.328 e. The monoisotopic (exact) mass is 738 g/mol. The van der Waals surface area contributed by atoms with Gasteiger partial charge in [-0.15, -0.1) is 0 Å². The normalized spacial score (nSPS) is 17.5. The van der Waals surface area contributed by atoms with Crippen LogP contribution in [0.4, 0.5) is 10.5 Å². The highest BCUT2D eigenvalue weighted by molar-refractivity contribution is 6.05. The van der Waals surface area contributed by atoms with Gasteiger partial charge in [0.25, 0.3) is 11.5 Å². The van der Waals surface area contributed by atoms with Gasteiger partial charge in [-0.3, -0.25) is 34.5 Å². The molecule has 0 aliphatic carbocycles. The minimum Gasteiger partial charge on any atom is -0.496 e. The SMILES string of the molecule is COc1cc(-c2cn(C)c(=O)c3cnccc23)c(OC)cc1CN1CCC(OC2CCN(C(=O)COc3ccc(N4CCC(=O)NC4=O)cc3)CC2)CC1. The van der Waals surface area contributed by atoms with Gasteiger partial charge in [-0.1, -0.05) is 0 Å². The number of methoxy groups -OCH3 is 2. The van der Waals surface area contributed by atoms with E-state index in [1.54, 1.807) is 62.5 Å². The number of hydrogen-bond acceptors (Lipinski definition) is 10. The number of piperidine rings is 2. The summed E-state index contributed by atoms with van der Waals surface area (Å²) in [4.78, 5) is 59.1. The number of aryl methyl sites for hydroxylation is 1. The zero-order valence-corrected chi connectivity index (χ0v) is 30.9. The molecule has 3 saturated heterocycles. The number of ether oxygens (including phenoxy) is 4. The number of likely N-dealkylation sites (tertiary alicyclic amines) is 2. The van der Waals surface area contributed by atoms with Crippen molar-refractivity contribution < 1.29 is 33.3 Å². The maximum atomic E-state index is 12.9. The fourth-order valence-corrected chi connectivity index (χ4v) is 7.55. The second-order valence-electron chi connectivity index (χ2n) is 14.0. The first-order chi connectivity index (χ1) is 26.2. The highest BCUT2D eigenvalue weighted by atomic mass is 16.5. The molecule has 14 nitrogen and oxygen atoms in total. The van der Waals surface area contributed by atoms with E-state index in [0.717, 1.165) is 66.6 Å². The standard InChI is InChI=1S/C40H46N6O8/c1-43-24-34(31-8-14-41-22-33(31)39(43)49)32-21-35(51-2)26(20-36(32)52-3)23-44-15-9-29(10-16-44)54-30-11-17-45(18-12-30)38(48)25-53-28-6-4-27(5-7-28)46-19-13-37(47)42-40(46)50/h4-8,14,20-22,24,29-30H,9-13,15-19,23,25H2,1-3H3,(H,42,47,50). The van der Waals surface area contributed by atoms with Crippen LogP contribution in [0.25, 0.3) is 21.9 Å². The van der Waals surface area contributed by atoms with Crippen LogP contribution in [-0.4, -0.2) is 103 Å². The van der Waals surface area contributed by atoms with Gasteiger partial charge < -0.3 is 28.4 Å². The summed E-state index contributed by atoms with van der Waals surface area (Å²) < 4.78 is 25.6. The van der Waals surface area contributed by atoms with Crippen molar-refractivity contribution >= 4 is 34.3 Å². The van der Waals surface area contributed by atoms with Gasteiger partial charge in [-0.05, 0) is 73.5 Å². The van der Waals surface area contributed by atoms with Gasteiger partial charge in [0.2, 0.25) is 5.91 Å². The summed E-state index contributed by atoms with van der Waals surface area (Å²) in [5, 5.41) is 3.67. The van der Waals surface area contributed by atoms with Crippen LogP contribution in [0.5, 0.6) is 17.2 Å². The van der Waals surface area contributed by atoms with E-state index in [0.29, 0.717) is 48.8 Å². The van der Waals surface area contributed by atoms with E-state index in [4.69, 9.17) is 18.9 Å². The zero-order valence-electron chi connectivity index (χ0n) is 30.9. The molecule has 284 valence electrons. The first-order valence-electron chi connectivity index (χ1n) is 18.4. The number of imide groups is 1. The molecule has 2 aromatic carbocycles. The summed E-state index contributed by atoms with van der Waals surface area (Å²) in [6.45, 7) is 3.97. The lowest BCUT2D eigenvalue weighted by atomic mass is 9.98. The lowest BCUT2D eigenvalue weighted by molar-refractivity contribution is -0.137. The molecule has 5 heterocycles. The number of urea groups is 1. The van der Waals surface area contributed by atoms with E-state index < -0.39 is 6.03 Å². The number of carbonyl (C=O) groups excluding carboxylic acids is 3. The van der Waals surface area contributed by atoms with E-state index in [1.165, 1.54) is 4.90 Å². The van der Waals surface area contributed by atoms with Gasteiger partial charge in [0.05, 0.1) is 31.8 Å². The number of hydrogen-bond donors (Lipinski definition) is 1. The molecule has 0 saturated carbocycles. The third kappa shape index (κ3) is 8.04. The molecule has 0 radical (unpaired) electrons. The fourth-order valence-electron chi connectivity index (χ4n) is 7.55. The van der Waals surface area contributed by atoms with Crippen LogP contribution in [0.2, 0.25) is 0 Å². The number of rotatable bonds is 11. The number of nitrogens with one attached hydrogen (secondary N) is 1. The third-order valence-corrected chi connectivity index (χ3v) is 10.6. The maximum absolute atomic E-state index is 12.9. The Balaban J connectivity index is 0.873. The number of pyridine rings is 2. The summed E-state index contributed by atoms with van der Waals surface area (Å²) in [5.74, 6) is 1.65. The third-order valence-electron chi connectivity index (χ3n) is 10.6. The summed E-state index contributed by atoms with van der Waals surface area (Å²) in [5.41, 5.74) is 3.29. The maximum Gasteiger partial charge on any atom is 0.328 e. The van der Waals surface area contributed by atoms with E-state index in [1.807, 2.05) is 29.3 Å². The summed E-state index contributed by atoms with van der Waals surface area (Å²) in [6, 6.07) is 12.4. The summed E-state index contributed by atoms with van der Waals surface area (Å²) >= 11 is 0. The van der Waals surface area contributed by atoms with Crippen LogP contribution in [0.1, 0.15) is 37.7 Å². The van der Waals surface area contributed by atoms with E-state index >= 15 is 0 Å². The van der Waals surface area contributed by atoms with E-state index in [2.05, 4.69) is 15.2 Å². The Kier molecular flexibility index (Phi) is 11.1. The van der Waals surface area contributed by atoms with Gasteiger partial charge >= 0.3 is 6.03 Å². The Morgan fingerprint density at radius 3 is 2.24 bits per heavy atom. The van der Waals surface area contributed by atoms with Crippen LogP contribution in [-0.2, 0) is 27.9 Å². The molecule has 0 bridgehead atoms. The zero-order chi connectivity index (χ0) is 37.8. The van der Waals surface area contributed by atoms with E-state index in [-0.39, 0.29) is 42.6 Å². The Labute approximate surface area is 313 Å². The van der Waals surface area contributed by atoms with Gasteiger partial charge in [0.15, 0.2) is 6.61 Å². The van der Waals surface area contributed by atoms with Crippen LogP contribution < -0.4 is 30.0 Å². The number of carbonyl (C=O) groups is 3. The van der Waals surface area contributed by atoms with Crippen molar-refractivity contribution in [1.29, 1.82) is 0 Å². The highest BCUT2D eigenvalue weighted by Gasteiger charge is 2.29. The average molecular weight is 739 g/mol. The van der Waals surface area contributed by atoms with Crippen LogP contribution in [0, 0.1) is 0 Å². The lowest BCUT2D eigenvalue weighted by Crippen LogP contribution is -2.49. The van der Waals surface area contributed by atoms with Crippen molar-refractivity contribution in [1.82, 2.24) is 24.7 Å². The topological polar surface area (TPSA) is 145 Å². The molecule has 0 spiro atoms. The quantitative estimate of drug-likeness (QED) is 0.239. The lowest BCUT2D eigenvalue weighted by Gasteiger charge is -2.37. The van der Waals surface area contributed by atoms with Crippen LogP contribution in [0.3, 0.4) is 0 Å². The molecule has 1 N–H and O–H groups in total. The predicted octanol–water partition coefficient (Wildman–Crippen LogP) is 4.12. The second-order valence-corrected chi connectivity index (χ2v) is 14.0. The number of amides is 4. The molecule has 4 amide bonds. The Morgan fingerprint density at radius 2 is 1.56 bits per heavy atom. The molecule has 3 aliphatic heterocycles. The molecule has 2 aromatic heterocycles. The van der Waals surface area contributed by atoms with Crippen molar-refractivity contribution in [2.24, 2.45) is 7.05 Å². The molecule has 14 heteroatoms. The van der Waals surface area contributed by atoms with E-state index in [9.17, 15) is 19.2 Å². The molecule has 3 aliphatic rings. The molecule has 3 fully saturated rings. The Morgan fingerprint density at radius 1 is 0.852 bits per heavy atom. The molecule has 4 aromatic rings. The largest absolute Gasteiger partial charge is 0.496 e. The second kappa shape index (κ2) is 16.3. The van der Waals surface area contributed by atoms with Crippen molar-refractivity contribution in [2.45, 2.75) is 50.9 Å². The number of anilines is 1. The van der Waals surface area contributed by atoms with Gasteiger partial charge in [-0.25, -0.2) is 4.79 Å². The number of fused-ring (bicyclic) bond motifs is 1.